The van der Waals surface area contributed by atoms with Crippen molar-refractivity contribution in [2.45, 2.75) is 19.4 Å². The lowest BCUT2D eigenvalue weighted by Gasteiger charge is -2.26. The minimum Gasteiger partial charge on any atom is -0.481 e. The number of hydrogen-bond acceptors (Lipinski definition) is 5. The summed E-state index contributed by atoms with van der Waals surface area (Å²) in [7, 11) is 3.10. The predicted molar refractivity (Wildman–Crippen MR) is 93.4 cm³/mol. The average Bonchev–Trinajstić information content (AvgIpc) is 2.66. The highest BCUT2D eigenvalue weighted by atomic mass is 16.5. The fourth-order valence-electron chi connectivity index (χ4n) is 2.43. The van der Waals surface area contributed by atoms with Gasteiger partial charge in [-0.25, -0.2) is 9.78 Å². The third-order valence-electron chi connectivity index (χ3n) is 3.81. The van der Waals surface area contributed by atoms with Gasteiger partial charge >= 0.3 is 5.97 Å². The Morgan fingerprint density at radius 2 is 1.88 bits per heavy atom. The topological polar surface area (TPSA) is 68.7 Å². The first-order valence-corrected chi connectivity index (χ1v) is 8.04. The van der Waals surface area contributed by atoms with Gasteiger partial charge in [0.05, 0.1) is 19.3 Å². The number of likely N-dealkylation sites (N-methyl/N-ethyl adjacent to an activating group) is 1. The number of amides is 1. The Labute approximate surface area is 147 Å². The molecule has 0 aliphatic rings. The molecule has 0 aliphatic carbocycles. The van der Waals surface area contributed by atoms with Gasteiger partial charge in [-0.05, 0) is 18.6 Å². The fraction of sp³-hybridized carbons (Fsp3) is 0.316. The molecule has 0 saturated heterocycles. The number of rotatable bonds is 7. The van der Waals surface area contributed by atoms with Crippen molar-refractivity contribution < 1.29 is 19.1 Å². The number of methoxy groups -OCH3 is 1. The zero-order valence-corrected chi connectivity index (χ0v) is 14.6. The minimum atomic E-state index is -0.711. The summed E-state index contributed by atoms with van der Waals surface area (Å²) in [5.74, 6) is -0.307. The van der Waals surface area contributed by atoms with Crippen LogP contribution >= 0.6 is 0 Å². The van der Waals surface area contributed by atoms with E-state index in [0.29, 0.717) is 17.9 Å². The van der Waals surface area contributed by atoms with Gasteiger partial charge in [-0.1, -0.05) is 30.3 Å². The molecule has 0 aliphatic heterocycles. The largest absolute Gasteiger partial charge is 0.481 e. The van der Waals surface area contributed by atoms with Gasteiger partial charge < -0.3 is 14.4 Å². The van der Waals surface area contributed by atoms with Gasteiger partial charge in [0, 0.05) is 25.7 Å². The second-order valence-electron chi connectivity index (χ2n) is 5.46. The second kappa shape index (κ2) is 8.82. The molecule has 6 heteroatoms. The Hall–Kier alpha value is -2.89. The molecule has 1 heterocycles. The quantitative estimate of drug-likeness (QED) is 0.723. The molecular weight excluding hydrogens is 320 g/mol. The number of hydrogen-bond donors (Lipinski definition) is 0. The average molecular weight is 342 g/mol. The van der Waals surface area contributed by atoms with Crippen LogP contribution in [0, 0.1) is 0 Å². The molecule has 132 valence electrons. The minimum absolute atomic E-state index is 0.260. The van der Waals surface area contributed by atoms with Gasteiger partial charge in [0.15, 0.2) is 0 Å². The van der Waals surface area contributed by atoms with E-state index in [1.165, 1.54) is 18.2 Å². The van der Waals surface area contributed by atoms with Crippen LogP contribution in [0.3, 0.4) is 0 Å². The third kappa shape index (κ3) is 4.79. The van der Waals surface area contributed by atoms with E-state index in [-0.39, 0.29) is 12.5 Å². The summed E-state index contributed by atoms with van der Waals surface area (Å²) in [6, 6.07) is 12.0. The van der Waals surface area contributed by atoms with Crippen LogP contribution < -0.4 is 4.74 Å². The molecule has 0 bridgehead atoms. The standard InChI is InChI=1S/C19H22N2O4/c1-4-25-19(23)16(12-14-8-6-5-7-9-14)21(2)18(22)15-10-11-17(24-3)20-13-15/h5-11,13,16H,4,12H2,1-3H3/t16-/m1/s1. The number of aromatic nitrogens is 1. The molecule has 1 aromatic heterocycles. The van der Waals surface area contributed by atoms with Crippen LogP contribution in [-0.2, 0) is 16.0 Å². The molecule has 0 unspecified atom stereocenters. The predicted octanol–water partition coefficient (Wildman–Crippen LogP) is 2.34. The molecule has 0 fully saturated rings. The highest BCUT2D eigenvalue weighted by Gasteiger charge is 2.29. The third-order valence-corrected chi connectivity index (χ3v) is 3.81. The van der Waals surface area contributed by atoms with Crippen molar-refractivity contribution in [3.05, 3.63) is 59.8 Å². The molecular formula is C19H22N2O4. The van der Waals surface area contributed by atoms with Crippen molar-refractivity contribution >= 4 is 11.9 Å². The van der Waals surface area contributed by atoms with Crippen LogP contribution in [0.4, 0.5) is 0 Å². The number of benzene rings is 1. The van der Waals surface area contributed by atoms with Crippen LogP contribution in [0.1, 0.15) is 22.8 Å². The van der Waals surface area contributed by atoms with E-state index in [9.17, 15) is 9.59 Å². The Balaban J connectivity index is 2.21. The van der Waals surface area contributed by atoms with Crippen LogP contribution in [-0.4, -0.2) is 48.6 Å². The number of nitrogens with zero attached hydrogens (tertiary/aromatic N) is 2. The first-order chi connectivity index (χ1) is 12.1. The van der Waals surface area contributed by atoms with Crippen molar-refractivity contribution in [1.29, 1.82) is 0 Å². The fourth-order valence-corrected chi connectivity index (χ4v) is 2.43. The lowest BCUT2D eigenvalue weighted by molar-refractivity contribution is -0.148. The molecule has 0 N–H and O–H groups in total. The zero-order chi connectivity index (χ0) is 18.2. The van der Waals surface area contributed by atoms with Gasteiger partial charge in [-0.15, -0.1) is 0 Å². The normalized spacial score (nSPS) is 11.5. The summed E-state index contributed by atoms with van der Waals surface area (Å²) in [5, 5.41) is 0. The van der Waals surface area contributed by atoms with E-state index in [4.69, 9.17) is 9.47 Å². The molecule has 1 aromatic carbocycles. The molecule has 0 spiro atoms. The first kappa shape index (κ1) is 18.4. The van der Waals surface area contributed by atoms with E-state index in [0.717, 1.165) is 5.56 Å². The molecule has 2 rings (SSSR count). The number of carbonyl (C=O) groups excluding carboxylic acids is 2. The number of esters is 1. The SMILES string of the molecule is CCOC(=O)[C@@H](Cc1ccccc1)N(C)C(=O)c1ccc(OC)nc1. The first-order valence-electron chi connectivity index (χ1n) is 8.04. The Morgan fingerprint density at radius 1 is 1.16 bits per heavy atom. The monoisotopic (exact) mass is 342 g/mol. The van der Waals surface area contributed by atoms with Gasteiger partial charge in [-0.3, -0.25) is 4.79 Å². The van der Waals surface area contributed by atoms with Crippen LogP contribution in [0.5, 0.6) is 5.88 Å². The van der Waals surface area contributed by atoms with E-state index >= 15 is 0 Å². The van der Waals surface area contributed by atoms with E-state index < -0.39 is 12.0 Å². The summed E-state index contributed by atoms with van der Waals surface area (Å²) in [5.41, 5.74) is 1.33. The van der Waals surface area contributed by atoms with Crippen LogP contribution in [0.15, 0.2) is 48.7 Å². The molecule has 25 heavy (non-hydrogen) atoms. The van der Waals surface area contributed by atoms with Crippen molar-refractivity contribution in [3.63, 3.8) is 0 Å². The lowest BCUT2D eigenvalue weighted by Crippen LogP contribution is -2.44. The van der Waals surface area contributed by atoms with Gasteiger partial charge in [-0.2, -0.15) is 0 Å². The molecule has 1 atom stereocenters. The summed E-state index contributed by atoms with van der Waals surface area (Å²) < 4.78 is 10.1. The summed E-state index contributed by atoms with van der Waals surface area (Å²) >= 11 is 0. The maximum absolute atomic E-state index is 12.7. The zero-order valence-electron chi connectivity index (χ0n) is 14.6. The molecule has 6 nitrogen and oxygen atoms in total. The second-order valence-corrected chi connectivity index (χ2v) is 5.46. The maximum atomic E-state index is 12.7. The molecule has 0 saturated carbocycles. The van der Waals surface area contributed by atoms with Crippen molar-refractivity contribution in [3.8, 4) is 5.88 Å². The van der Waals surface area contributed by atoms with Crippen LogP contribution in [0.25, 0.3) is 0 Å². The summed E-state index contributed by atoms with van der Waals surface area (Å²) in [6.45, 7) is 2.00. The van der Waals surface area contributed by atoms with Crippen LogP contribution in [0.2, 0.25) is 0 Å². The molecule has 1 amide bonds. The number of carbonyl (C=O) groups is 2. The maximum Gasteiger partial charge on any atom is 0.329 e. The molecule has 0 radical (unpaired) electrons. The van der Waals surface area contributed by atoms with Crippen molar-refractivity contribution in [1.82, 2.24) is 9.88 Å². The van der Waals surface area contributed by atoms with E-state index in [1.807, 2.05) is 30.3 Å². The van der Waals surface area contributed by atoms with E-state index in [1.54, 1.807) is 26.1 Å². The van der Waals surface area contributed by atoms with Gasteiger partial charge in [0.2, 0.25) is 5.88 Å². The summed E-state index contributed by atoms with van der Waals surface area (Å²) in [4.78, 5) is 30.5. The smallest absolute Gasteiger partial charge is 0.329 e. The van der Waals surface area contributed by atoms with Crippen molar-refractivity contribution in [2.24, 2.45) is 0 Å². The Bertz CT molecular complexity index is 701. The number of pyridine rings is 1. The Kier molecular flexibility index (Phi) is 6.51. The van der Waals surface area contributed by atoms with Gasteiger partial charge in [0.1, 0.15) is 6.04 Å². The van der Waals surface area contributed by atoms with Crippen molar-refractivity contribution in [2.75, 3.05) is 20.8 Å². The molecule has 2 aromatic rings. The lowest BCUT2D eigenvalue weighted by atomic mass is 10.0. The summed E-state index contributed by atoms with van der Waals surface area (Å²) in [6.07, 6.45) is 1.81. The number of ether oxygens (including phenoxy) is 2. The highest BCUT2D eigenvalue weighted by molar-refractivity contribution is 5.96. The van der Waals surface area contributed by atoms with E-state index in [2.05, 4.69) is 4.98 Å². The van der Waals surface area contributed by atoms with Gasteiger partial charge in [0.25, 0.3) is 5.91 Å². The highest BCUT2D eigenvalue weighted by Crippen LogP contribution is 2.14. The Morgan fingerprint density at radius 3 is 2.44 bits per heavy atom.